The van der Waals surface area contributed by atoms with E-state index in [2.05, 4.69) is 70.1 Å². The largest absolute Gasteiger partial charge is 0.349 e. The smallest absolute Gasteiger partial charge is 0.224 e. The molecule has 0 aromatic heterocycles. The van der Waals surface area contributed by atoms with Gasteiger partial charge in [-0.2, -0.15) is 0 Å². The molecular weight excluding hydrogens is 370 g/mol. The van der Waals surface area contributed by atoms with E-state index in [4.69, 9.17) is 0 Å². The van der Waals surface area contributed by atoms with Crippen molar-refractivity contribution in [3.05, 3.63) is 34.9 Å². The molecule has 106 valence electrons. The van der Waals surface area contributed by atoms with Crippen LogP contribution in [0.2, 0.25) is 0 Å². The molecule has 0 aliphatic carbocycles. The molecule has 1 N–H and O–H groups in total. The number of carbonyl (C=O) groups excluding carboxylic acids is 1. The minimum absolute atomic E-state index is 0.0732. The van der Waals surface area contributed by atoms with Crippen LogP contribution in [-0.4, -0.2) is 22.1 Å². The van der Waals surface area contributed by atoms with Gasteiger partial charge >= 0.3 is 0 Å². The molecular formula is C15H21Br2NO. The van der Waals surface area contributed by atoms with Crippen LogP contribution in [0.1, 0.15) is 30.0 Å². The third-order valence-electron chi connectivity index (χ3n) is 3.53. The van der Waals surface area contributed by atoms with E-state index in [1.54, 1.807) is 0 Å². The van der Waals surface area contributed by atoms with Crippen LogP contribution >= 0.6 is 31.9 Å². The Morgan fingerprint density at radius 2 is 1.84 bits per heavy atom. The summed E-state index contributed by atoms with van der Waals surface area (Å²) in [5.74, 6) is 0.0732. The number of rotatable bonds is 6. The van der Waals surface area contributed by atoms with Gasteiger partial charge in [0.25, 0.3) is 0 Å². The summed E-state index contributed by atoms with van der Waals surface area (Å²) >= 11 is 6.97. The van der Waals surface area contributed by atoms with Gasteiger partial charge in [0.15, 0.2) is 0 Å². The first-order valence-corrected chi connectivity index (χ1v) is 8.69. The molecule has 0 saturated heterocycles. The molecule has 0 aliphatic heterocycles. The molecule has 0 unspecified atom stereocenters. The fourth-order valence-electron chi connectivity index (χ4n) is 1.82. The molecule has 0 spiro atoms. The standard InChI is InChI=1S/C15H21Br2NO/c1-4-15(9-16,10-17)18-14(19)8-13-6-5-11(2)12(3)7-13/h5-7H,4,8-10H2,1-3H3,(H,18,19). The molecule has 0 fully saturated rings. The molecule has 0 bridgehead atoms. The quantitative estimate of drug-likeness (QED) is 0.733. The molecule has 4 heteroatoms. The topological polar surface area (TPSA) is 29.1 Å². The average molecular weight is 391 g/mol. The third-order valence-corrected chi connectivity index (χ3v) is 5.68. The molecule has 1 amide bonds. The lowest BCUT2D eigenvalue weighted by Gasteiger charge is -2.30. The molecule has 1 rings (SSSR count). The van der Waals surface area contributed by atoms with Crippen molar-refractivity contribution < 1.29 is 4.79 Å². The average Bonchev–Trinajstić information content (AvgIpc) is 2.40. The zero-order valence-electron chi connectivity index (χ0n) is 11.7. The normalized spacial score (nSPS) is 11.4. The maximum atomic E-state index is 12.1. The van der Waals surface area contributed by atoms with E-state index < -0.39 is 0 Å². The minimum Gasteiger partial charge on any atom is -0.349 e. The number of carbonyl (C=O) groups is 1. The summed E-state index contributed by atoms with van der Waals surface area (Å²) < 4.78 is 0. The first-order valence-electron chi connectivity index (χ1n) is 6.45. The van der Waals surface area contributed by atoms with Crippen LogP contribution in [0, 0.1) is 13.8 Å². The Balaban J connectivity index is 2.71. The second kappa shape index (κ2) is 7.44. The number of halogens is 2. The molecule has 19 heavy (non-hydrogen) atoms. The Morgan fingerprint density at radius 1 is 1.21 bits per heavy atom. The fourth-order valence-corrected chi connectivity index (χ4v) is 3.82. The Morgan fingerprint density at radius 3 is 2.32 bits per heavy atom. The van der Waals surface area contributed by atoms with E-state index in [1.165, 1.54) is 11.1 Å². The van der Waals surface area contributed by atoms with Crippen molar-refractivity contribution in [3.63, 3.8) is 0 Å². The van der Waals surface area contributed by atoms with Gasteiger partial charge in [-0.05, 0) is 37.0 Å². The van der Waals surface area contributed by atoms with E-state index in [9.17, 15) is 4.79 Å². The summed E-state index contributed by atoms with van der Waals surface area (Å²) in [6.07, 6.45) is 1.32. The van der Waals surface area contributed by atoms with Crippen LogP contribution in [0.15, 0.2) is 18.2 Å². The monoisotopic (exact) mass is 389 g/mol. The molecule has 0 atom stereocenters. The van der Waals surface area contributed by atoms with Gasteiger partial charge in [-0.3, -0.25) is 4.79 Å². The van der Waals surface area contributed by atoms with Crippen molar-refractivity contribution in [1.82, 2.24) is 5.32 Å². The lowest BCUT2D eigenvalue weighted by Crippen LogP contribution is -2.51. The maximum absolute atomic E-state index is 12.1. The zero-order chi connectivity index (χ0) is 14.5. The van der Waals surface area contributed by atoms with Crippen molar-refractivity contribution in [2.24, 2.45) is 0 Å². The molecule has 2 nitrogen and oxygen atoms in total. The number of nitrogens with one attached hydrogen (secondary N) is 1. The van der Waals surface area contributed by atoms with Crippen LogP contribution in [0.25, 0.3) is 0 Å². The van der Waals surface area contributed by atoms with Gasteiger partial charge in [0.1, 0.15) is 0 Å². The first-order chi connectivity index (χ1) is 8.96. The van der Waals surface area contributed by atoms with Gasteiger partial charge in [0, 0.05) is 10.7 Å². The SMILES string of the molecule is CCC(CBr)(CBr)NC(=O)Cc1ccc(C)c(C)c1. The summed E-state index contributed by atoms with van der Waals surface area (Å²) in [7, 11) is 0. The number of amides is 1. The summed E-state index contributed by atoms with van der Waals surface area (Å²) in [5.41, 5.74) is 3.35. The highest BCUT2D eigenvalue weighted by Gasteiger charge is 2.27. The van der Waals surface area contributed by atoms with Crippen molar-refractivity contribution in [1.29, 1.82) is 0 Å². The molecule has 1 aromatic carbocycles. The molecule has 0 heterocycles. The van der Waals surface area contributed by atoms with Crippen LogP contribution in [0.3, 0.4) is 0 Å². The molecule has 0 radical (unpaired) electrons. The van der Waals surface area contributed by atoms with Gasteiger partial charge in [0.05, 0.1) is 12.0 Å². The van der Waals surface area contributed by atoms with E-state index >= 15 is 0 Å². The summed E-state index contributed by atoms with van der Waals surface area (Å²) in [4.78, 5) is 12.1. The Hall–Kier alpha value is -0.350. The van der Waals surface area contributed by atoms with E-state index in [-0.39, 0.29) is 11.4 Å². The fraction of sp³-hybridized carbons (Fsp3) is 0.533. The zero-order valence-corrected chi connectivity index (χ0v) is 14.9. The number of alkyl halides is 2. The van der Waals surface area contributed by atoms with Crippen LogP contribution in [-0.2, 0) is 11.2 Å². The van der Waals surface area contributed by atoms with E-state index in [1.807, 2.05) is 6.07 Å². The Bertz CT molecular complexity index is 434. The highest BCUT2D eigenvalue weighted by atomic mass is 79.9. The Labute approximate surface area is 132 Å². The maximum Gasteiger partial charge on any atom is 0.224 e. The van der Waals surface area contributed by atoms with Gasteiger partial charge in [0.2, 0.25) is 5.91 Å². The predicted molar refractivity (Wildman–Crippen MR) is 88.4 cm³/mol. The van der Waals surface area contributed by atoms with Gasteiger partial charge in [-0.25, -0.2) is 0 Å². The van der Waals surface area contributed by atoms with Gasteiger partial charge < -0.3 is 5.32 Å². The van der Waals surface area contributed by atoms with Gasteiger partial charge in [-0.15, -0.1) is 0 Å². The Kier molecular flexibility index (Phi) is 6.54. The second-order valence-electron chi connectivity index (χ2n) is 5.04. The van der Waals surface area contributed by atoms with Crippen LogP contribution in [0.5, 0.6) is 0 Å². The predicted octanol–water partition coefficient (Wildman–Crippen LogP) is 3.90. The molecule has 1 aromatic rings. The first kappa shape index (κ1) is 16.7. The summed E-state index contributed by atoms with van der Waals surface area (Å²) in [5, 5.41) is 4.63. The van der Waals surface area contributed by atoms with Crippen molar-refractivity contribution >= 4 is 37.8 Å². The van der Waals surface area contributed by atoms with Gasteiger partial charge in [-0.1, -0.05) is 57.0 Å². The number of aryl methyl sites for hydroxylation is 2. The van der Waals surface area contributed by atoms with E-state index in [0.29, 0.717) is 6.42 Å². The number of benzene rings is 1. The minimum atomic E-state index is -0.198. The highest BCUT2D eigenvalue weighted by molar-refractivity contribution is 9.09. The van der Waals surface area contributed by atoms with E-state index in [0.717, 1.165) is 22.6 Å². The second-order valence-corrected chi connectivity index (χ2v) is 6.17. The van der Waals surface area contributed by atoms with Crippen LogP contribution < -0.4 is 5.32 Å². The lowest BCUT2D eigenvalue weighted by atomic mass is 10.00. The molecule has 0 saturated carbocycles. The summed E-state index contributed by atoms with van der Waals surface area (Å²) in [6, 6.07) is 6.18. The van der Waals surface area contributed by atoms with Crippen molar-refractivity contribution in [2.45, 2.75) is 39.2 Å². The van der Waals surface area contributed by atoms with Crippen molar-refractivity contribution in [2.75, 3.05) is 10.7 Å². The van der Waals surface area contributed by atoms with Crippen molar-refractivity contribution in [3.8, 4) is 0 Å². The molecule has 0 aliphatic rings. The van der Waals surface area contributed by atoms with Crippen LogP contribution in [0.4, 0.5) is 0 Å². The number of hydrogen-bond donors (Lipinski definition) is 1. The lowest BCUT2D eigenvalue weighted by molar-refractivity contribution is -0.121. The number of hydrogen-bond acceptors (Lipinski definition) is 1. The highest BCUT2D eigenvalue weighted by Crippen LogP contribution is 2.17. The third kappa shape index (κ3) is 4.60. The summed E-state index contributed by atoms with van der Waals surface area (Å²) in [6.45, 7) is 6.24.